The summed E-state index contributed by atoms with van der Waals surface area (Å²) >= 11 is 0. The van der Waals surface area contributed by atoms with Crippen LogP contribution in [0.3, 0.4) is 0 Å². The molecule has 28 heavy (non-hydrogen) atoms. The van der Waals surface area contributed by atoms with Crippen LogP contribution in [0, 0.1) is 0 Å². The van der Waals surface area contributed by atoms with E-state index in [2.05, 4.69) is 25.3 Å². The van der Waals surface area contributed by atoms with Crippen molar-refractivity contribution in [2.75, 3.05) is 6.66 Å². The molecule has 4 aromatic rings. The standard InChI is InChI=1S/C18H14N5O4P/c1-28(25,26)12-6-4-11(5-7-12)15-9-16(27-23-15)13-10-19-17(21-18(13)24)14-3-2-8-20-22-14/h2-10H,1H3,(H,25,26)(H,19,21,24). The lowest BCUT2D eigenvalue weighted by molar-refractivity contribution is 0.434. The third-order valence-electron chi connectivity index (χ3n) is 4.03. The van der Waals surface area contributed by atoms with E-state index in [1.165, 1.54) is 19.1 Å². The van der Waals surface area contributed by atoms with Gasteiger partial charge >= 0.3 is 0 Å². The van der Waals surface area contributed by atoms with E-state index in [1.807, 2.05) is 0 Å². The molecule has 0 saturated carbocycles. The van der Waals surface area contributed by atoms with Crippen molar-refractivity contribution in [1.82, 2.24) is 25.3 Å². The minimum absolute atomic E-state index is 0.219. The Balaban J connectivity index is 1.64. The second kappa shape index (κ2) is 6.95. The lowest BCUT2D eigenvalue weighted by Gasteiger charge is -2.05. The number of rotatable bonds is 4. The third-order valence-corrected chi connectivity index (χ3v) is 5.29. The van der Waals surface area contributed by atoms with Gasteiger partial charge in [-0.15, -0.1) is 5.10 Å². The molecule has 140 valence electrons. The van der Waals surface area contributed by atoms with E-state index >= 15 is 0 Å². The van der Waals surface area contributed by atoms with Crippen LogP contribution in [0.15, 0.2) is 64.2 Å². The molecule has 9 nitrogen and oxygen atoms in total. The third kappa shape index (κ3) is 3.53. The van der Waals surface area contributed by atoms with E-state index in [-0.39, 0.29) is 11.3 Å². The van der Waals surface area contributed by atoms with Crippen LogP contribution in [0.4, 0.5) is 0 Å². The fourth-order valence-corrected chi connectivity index (χ4v) is 3.28. The maximum absolute atomic E-state index is 12.4. The van der Waals surface area contributed by atoms with Gasteiger partial charge < -0.3 is 14.4 Å². The molecule has 2 N–H and O–H groups in total. The second-order valence-corrected chi connectivity index (χ2v) is 8.36. The molecule has 0 spiro atoms. The van der Waals surface area contributed by atoms with Gasteiger partial charge in [-0.2, -0.15) is 5.10 Å². The molecule has 0 aliphatic rings. The Morgan fingerprint density at radius 1 is 1.14 bits per heavy atom. The van der Waals surface area contributed by atoms with Crippen molar-refractivity contribution >= 4 is 12.7 Å². The summed E-state index contributed by atoms with van der Waals surface area (Å²) in [6, 6.07) is 11.4. The lowest BCUT2D eigenvalue weighted by Crippen LogP contribution is -2.11. The monoisotopic (exact) mass is 395 g/mol. The van der Waals surface area contributed by atoms with Crippen LogP contribution in [0.5, 0.6) is 0 Å². The number of nitrogens with one attached hydrogen (secondary N) is 1. The molecule has 1 aromatic carbocycles. The molecule has 0 aliphatic heterocycles. The summed E-state index contributed by atoms with van der Waals surface area (Å²) < 4.78 is 17.0. The van der Waals surface area contributed by atoms with Gasteiger partial charge in [0, 0.05) is 36.0 Å². The van der Waals surface area contributed by atoms with Gasteiger partial charge in [-0.3, -0.25) is 9.36 Å². The predicted molar refractivity (Wildman–Crippen MR) is 102 cm³/mol. The van der Waals surface area contributed by atoms with Crippen LogP contribution in [0.25, 0.3) is 34.1 Å². The number of nitrogens with zero attached hydrogens (tertiary/aromatic N) is 4. The predicted octanol–water partition coefficient (Wildman–Crippen LogP) is 2.07. The average molecular weight is 395 g/mol. The molecule has 1 atom stereocenters. The Bertz CT molecular complexity index is 1230. The molecule has 0 radical (unpaired) electrons. The molecular formula is C18H14N5O4P. The fourth-order valence-electron chi connectivity index (χ4n) is 2.58. The minimum Gasteiger partial charge on any atom is -0.355 e. The van der Waals surface area contributed by atoms with Crippen LogP contribution >= 0.6 is 7.37 Å². The molecule has 0 aliphatic carbocycles. The van der Waals surface area contributed by atoms with Gasteiger partial charge in [0.05, 0.1) is 0 Å². The summed E-state index contributed by atoms with van der Waals surface area (Å²) in [5.74, 6) is 0.548. The van der Waals surface area contributed by atoms with Crippen LogP contribution < -0.4 is 10.9 Å². The van der Waals surface area contributed by atoms with Crippen LogP contribution in [-0.4, -0.2) is 36.9 Å². The Morgan fingerprint density at radius 3 is 2.57 bits per heavy atom. The first-order valence-corrected chi connectivity index (χ1v) is 10.3. The van der Waals surface area contributed by atoms with Gasteiger partial charge in [0.2, 0.25) is 7.37 Å². The highest BCUT2D eigenvalue weighted by atomic mass is 31.2. The molecule has 0 amide bonds. The van der Waals surface area contributed by atoms with Crippen LogP contribution in [0.2, 0.25) is 0 Å². The maximum Gasteiger partial charge on any atom is 0.262 e. The van der Waals surface area contributed by atoms with Gasteiger partial charge in [-0.05, 0) is 24.3 Å². The Hall–Kier alpha value is -3.42. The SMILES string of the molecule is CP(=O)(O)c1ccc(-c2cc(-c3cnc(-c4cccnn4)[nH]c3=O)on2)cc1. The van der Waals surface area contributed by atoms with Gasteiger partial charge in [-0.1, -0.05) is 17.3 Å². The zero-order valence-corrected chi connectivity index (χ0v) is 15.5. The topological polar surface area (TPSA) is 135 Å². The van der Waals surface area contributed by atoms with Gasteiger partial charge in [0.25, 0.3) is 5.56 Å². The van der Waals surface area contributed by atoms with Crippen molar-refractivity contribution in [1.29, 1.82) is 0 Å². The number of aromatic amines is 1. The van der Waals surface area contributed by atoms with Crippen molar-refractivity contribution < 1.29 is 14.0 Å². The number of H-pyrrole nitrogens is 1. The van der Waals surface area contributed by atoms with Crippen molar-refractivity contribution in [3.8, 4) is 34.1 Å². The Morgan fingerprint density at radius 2 is 1.93 bits per heavy atom. The maximum atomic E-state index is 12.4. The molecule has 3 aromatic heterocycles. The van der Waals surface area contributed by atoms with Crippen molar-refractivity contribution in [2.45, 2.75) is 0 Å². The van der Waals surface area contributed by atoms with E-state index in [1.54, 1.807) is 42.5 Å². The van der Waals surface area contributed by atoms with Gasteiger partial charge in [0.15, 0.2) is 11.6 Å². The Labute approximate surface area is 158 Å². The smallest absolute Gasteiger partial charge is 0.262 e. The second-order valence-electron chi connectivity index (χ2n) is 6.09. The van der Waals surface area contributed by atoms with Crippen LogP contribution in [-0.2, 0) is 4.57 Å². The molecule has 0 saturated heterocycles. The molecule has 1 unspecified atom stereocenters. The molecular weight excluding hydrogens is 381 g/mol. The fraction of sp³-hybridized carbons (Fsp3) is 0.0556. The van der Waals surface area contributed by atoms with E-state index in [9.17, 15) is 14.3 Å². The summed E-state index contributed by atoms with van der Waals surface area (Å²) in [6.45, 7) is 1.28. The first-order chi connectivity index (χ1) is 13.4. The zero-order valence-electron chi connectivity index (χ0n) is 14.6. The highest BCUT2D eigenvalue weighted by Gasteiger charge is 2.16. The van der Waals surface area contributed by atoms with Crippen LogP contribution in [0.1, 0.15) is 0 Å². The number of hydrogen-bond acceptors (Lipinski definition) is 7. The summed E-state index contributed by atoms with van der Waals surface area (Å²) in [6.07, 6.45) is 2.91. The van der Waals surface area contributed by atoms with Crippen molar-refractivity contribution in [2.24, 2.45) is 0 Å². The summed E-state index contributed by atoms with van der Waals surface area (Å²) in [5.41, 5.74) is 1.44. The van der Waals surface area contributed by atoms with Gasteiger partial charge in [-0.25, -0.2) is 4.98 Å². The number of benzene rings is 1. The summed E-state index contributed by atoms with van der Waals surface area (Å²) in [5, 5.41) is 12.0. The summed E-state index contributed by atoms with van der Waals surface area (Å²) in [4.78, 5) is 28.9. The number of hydrogen-bond donors (Lipinski definition) is 2. The minimum atomic E-state index is -3.32. The normalized spacial score (nSPS) is 13.2. The quantitative estimate of drug-likeness (QED) is 0.502. The largest absolute Gasteiger partial charge is 0.355 e. The molecule has 0 bridgehead atoms. The highest BCUT2D eigenvalue weighted by Crippen LogP contribution is 2.34. The molecule has 10 heteroatoms. The first kappa shape index (κ1) is 18.0. The highest BCUT2D eigenvalue weighted by molar-refractivity contribution is 7.65. The molecule has 3 heterocycles. The lowest BCUT2D eigenvalue weighted by atomic mass is 10.1. The van der Waals surface area contributed by atoms with Crippen molar-refractivity contribution in [3.63, 3.8) is 0 Å². The Kier molecular flexibility index (Phi) is 4.46. The first-order valence-electron chi connectivity index (χ1n) is 8.17. The van der Waals surface area contributed by atoms with Crippen molar-refractivity contribution in [3.05, 3.63) is 65.2 Å². The molecule has 4 rings (SSSR count). The van der Waals surface area contributed by atoms with E-state index < -0.39 is 12.9 Å². The zero-order chi connectivity index (χ0) is 19.7. The van der Waals surface area contributed by atoms with Gasteiger partial charge in [0.1, 0.15) is 17.0 Å². The van der Waals surface area contributed by atoms with E-state index in [4.69, 9.17) is 4.52 Å². The van der Waals surface area contributed by atoms with E-state index in [0.717, 1.165) is 0 Å². The summed E-state index contributed by atoms with van der Waals surface area (Å²) in [7, 11) is -3.32. The average Bonchev–Trinajstić information content (AvgIpc) is 3.18. The number of aromatic nitrogens is 5. The van der Waals surface area contributed by atoms with E-state index in [0.29, 0.717) is 28.1 Å². The molecule has 0 fully saturated rings.